The van der Waals surface area contributed by atoms with Gasteiger partial charge < -0.3 is 15.7 Å². The van der Waals surface area contributed by atoms with E-state index in [-0.39, 0.29) is 18.2 Å². The molecule has 1 aromatic heterocycles. The maximum atomic E-state index is 11.9. The van der Waals surface area contributed by atoms with Crippen molar-refractivity contribution in [1.29, 1.82) is 0 Å². The predicted molar refractivity (Wildman–Crippen MR) is 85.5 cm³/mol. The van der Waals surface area contributed by atoms with Crippen molar-refractivity contribution < 1.29 is 9.90 Å². The van der Waals surface area contributed by atoms with Crippen LogP contribution >= 0.6 is 0 Å². The van der Waals surface area contributed by atoms with E-state index in [1.807, 2.05) is 30.3 Å². The van der Waals surface area contributed by atoms with E-state index in [0.717, 1.165) is 31.2 Å². The van der Waals surface area contributed by atoms with Crippen molar-refractivity contribution in [2.75, 3.05) is 0 Å². The summed E-state index contributed by atoms with van der Waals surface area (Å²) in [7, 11) is 0. The van der Waals surface area contributed by atoms with Crippen LogP contribution in [0.15, 0.2) is 30.3 Å². The van der Waals surface area contributed by atoms with Crippen LogP contribution in [0.3, 0.4) is 0 Å². The van der Waals surface area contributed by atoms with E-state index in [1.165, 1.54) is 0 Å². The van der Waals surface area contributed by atoms with E-state index in [1.54, 1.807) is 0 Å². The number of aromatic nitrogens is 3. The highest BCUT2D eigenvalue weighted by atomic mass is 16.3. The fourth-order valence-electron chi connectivity index (χ4n) is 2.71. The molecule has 0 aliphatic heterocycles. The molecule has 1 heterocycles. The molecule has 0 radical (unpaired) electrons. The van der Waals surface area contributed by atoms with Crippen molar-refractivity contribution in [2.45, 2.75) is 44.4 Å². The lowest BCUT2D eigenvalue weighted by molar-refractivity contribution is 0.117. The normalized spacial score (nSPS) is 20.9. The minimum absolute atomic E-state index is 0.132. The van der Waals surface area contributed by atoms with Gasteiger partial charge in [0.15, 0.2) is 5.82 Å². The van der Waals surface area contributed by atoms with Crippen LogP contribution < -0.4 is 10.6 Å². The number of aliphatic hydroxyl groups is 1. The van der Waals surface area contributed by atoms with Crippen molar-refractivity contribution in [3.8, 4) is 11.4 Å². The van der Waals surface area contributed by atoms with Crippen LogP contribution in [0.25, 0.3) is 11.4 Å². The Balaban J connectivity index is 1.47. The molecule has 1 fully saturated rings. The van der Waals surface area contributed by atoms with Crippen LogP contribution in [0.5, 0.6) is 0 Å². The highest BCUT2D eigenvalue weighted by Crippen LogP contribution is 2.18. The van der Waals surface area contributed by atoms with E-state index < -0.39 is 0 Å². The van der Waals surface area contributed by atoms with Gasteiger partial charge >= 0.3 is 6.03 Å². The average Bonchev–Trinajstić information content (AvgIpc) is 3.05. The number of benzene rings is 1. The molecule has 0 unspecified atom stereocenters. The van der Waals surface area contributed by atoms with Gasteiger partial charge in [0.25, 0.3) is 0 Å². The summed E-state index contributed by atoms with van der Waals surface area (Å²) in [5.74, 6) is 1.22. The third-order valence-corrected chi connectivity index (χ3v) is 4.01. The molecule has 7 heteroatoms. The molecule has 1 aromatic carbocycles. The molecule has 0 bridgehead atoms. The number of nitrogens with zero attached hydrogens (tertiary/aromatic N) is 2. The Morgan fingerprint density at radius 3 is 2.70 bits per heavy atom. The van der Waals surface area contributed by atoms with Crippen LogP contribution in [0.4, 0.5) is 4.79 Å². The number of hydrogen-bond acceptors (Lipinski definition) is 4. The number of H-pyrrole nitrogens is 1. The Bertz CT molecular complexity index is 635. The minimum Gasteiger partial charge on any atom is -0.393 e. The van der Waals surface area contributed by atoms with Gasteiger partial charge in [0.2, 0.25) is 0 Å². The molecule has 0 spiro atoms. The number of nitrogens with one attached hydrogen (secondary N) is 3. The van der Waals surface area contributed by atoms with Crippen molar-refractivity contribution >= 4 is 6.03 Å². The van der Waals surface area contributed by atoms with E-state index in [9.17, 15) is 9.90 Å². The van der Waals surface area contributed by atoms with E-state index >= 15 is 0 Å². The smallest absolute Gasteiger partial charge is 0.315 e. The Labute approximate surface area is 134 Å². The number of carbonyl (C=O) groups excluding carboxylic acids is 1. The zero-order valence-corrected chi connectivity index (χ0v) is 12.8. The molecule has 2 aromatic rings. The molecule has 23 heavy (non-hydrogen) atoms. The van der Waals surface area contributed by atoms with Crippen molar-refractivity contribution in [3.05, 3.63) is 36.2 Å². The van der Waals surface area contributed by atoms with Gasteiger partial charge in [0.1, 0.15) is 5.82 Å². The quantitative estimate of drug-likeness (QED) is 0.687. The Morgan fingerprint density at radius 1 is 1.22 bits per heavy atom. The van der Waals surface area contributed by atoms with Crippen LogP contribution in [0.2, 0.25) is 0 Å². The summed E-state index contributed by atoms with van der Waals surface area (Å²) in [5.41, 5.74) is 0.931. The number of hydrogen-bond donors (Lipinski definition) is 4. The number of aromatic amines is 1. The molecule has 2 amide bonds. The van der Waals surface area contributed by atoms with E-state index in [4.69, 9.17) is 0 Å². The lowest BCUT2D eigenvalue weighted by atomic mass is 9.93. The molecular weight excluding hydrogens is 294 g/mol. The topological polar surface area (TPSA) is 103 Å². The van der Waals surface area contributed by atoms with Gasteiger partial charge in [-0.3, -0.25) is 5.10 Å². The van der Waals surface area contributed by atoms with Gasteiger partial charge in [-0.05, 0) is 25.7 Å². The van der Waals surface area contributed by atoms with Gasteiger partial charge in [0, 0.05) is 11.6 Å². The Kier molecular flexibility index (Phi) is 4.87. The molecule has 0 saturated heterocycles. The molecule has 3 rings (SSSR count). The fraction of sp³-hybridized carbons (Fsp3) is 0.438. The van der Waals surface area contributed by atoms with Gasteiger partial charge in [-0.1, -0.05) is 30.3 Å². The Hall–Kier alpha value is -2.41. The third kappa shape index (κ3) is 4.29. The largest absolute Gasteiger partial charge is 0.393 e. The summed E-state index contributed by atoms with van der Waals surface area (Å²) in [4.78, 5) is 16.3. The SMILES string of the molecule is O=C(NCc1nc(-c2ccccc2)n[nH]1)NC1CCC(O)CC1. The zero-order chi connectivity index (χ0) is 16.1. The first kappa shape index (κ1) is 15.5. The highest BCUT2D eigenvalue weighted by Gasteiger charge is 2.20. The number of amides is 2. The lowest BCUT2D eigenvalue weighted by Gasteiger charge is -2.26. The van der Waals surface area contributed by atoms with E-state index in [0.29, 0.717) is 18.2 Å². The third-order valence-electron chi connectivity index (χ3n) is 4.01. The first-order valence-electron chi connectivity index (χ1n) is 7.90. The van der Waals surface area contributed by atoms with Crippen LogP contribution in [-0.2, 0) is 6.54 Å². The minimum atomic E-state index is -0.221. The second-order valence-electron chi connectivity index (χ2n) is 5.80. The molecule has 1 aliphatic rings. The van der Waals surface area contributed by atoms with Crippen molar-refractivity contribution in [1.82, 2.24) is 25.8 Å². The summed E-state index contributed by atoms with van der Waals surface area (Å²) in [5, 5.41) is 22.1. The molecule has 1 saturated carbocycles. The van der Waals surface area contributed by atoms with E-state index in [2.05, 4.69) is 25.8 Å². The second-order valence-corrected chi connectivity index (χ2v) is 5.80. The van der Waals surface area contributed by atoms with Gasteiger partial charge in [-0.25, -0.2) is 9.78 Å². The second kappa shape index (κ2) is 7.23. The predicted octanol–water partition coefficient (Wildman–Crippen LogP) is 1.57. The van der Waals surface area contributed by atoms with Crippen molar-refractivity contribution in [3.63, 3.8) is 0 Å². The monoisotopic (exact) mass is 315 g/mol. The molecule has 0 atom stereocenters. The van der Waals surface area contributed by atoms with Crippen LogP contribution in [-0.4, -0.2) is 38.5 Å². The number of carbonyl (C=O) groups is 1. The Morgan fingerprint density at radius 2 is 1.96 bits per heavy atom. The highest BCUT2D eigenvalue weighted by molar-refractivity contribution is 5.74. The molecule has 4 N–H and O–H groups in total. The molecule has 7 nitrogen and oxygen atoms in total. The van der Waals surface area contributed by atoms with Gasteiger partial charge in [-0.15, -0.1) is 0 Å². The summed E-state index contributed by atoms with van der Waals surface area (Å²) < 4.78 is 0. The fourth-order valence-corrected chi connectivity index (χ4v) is 2.71. The van der Waals surface area contributed by atoms with Crippen LogP contribution in [0.1, 0.15) is 31.5 Å². The first-order chi connectivity index (χ1) is 11.2. The maximum absolute atomic E-state index is 11.9. The average molecular weight is 315 g/mol. The number of urea groups is 1. The van der Waals surface area contributed by atoms with Gasteiger partial charge in [-0.2, -0.15) is 5.10 Å². The molecule has 122 valence electrons. The standard InChI is InChI=1S/C16H21N5O2/c22-13-8-6-12(7-9-13)18-16(23)17-10-14-19-15(21-20-14)11-4-2-1-3-5-11/h1-5,12-13,22H,6-10H2,(H2,17,18,23)(H,19,20,21). The van der Waals surface area contributed by atoms with Crippen molar-refractivity contribution in [2.24, 2.45) is 0 Å². The summed E-state index contributed by atoms with van der Waals surface area (Å²) >= 11 is 0. The zero-order valence-electron chi connectivity index (χ0n) is 12.8. The molecular formula is C16H21N5O2. The summed E-state index contributed by atoms with van der Waals surface area (Å²) in [6, 6.07) is 9.58. The first-order valence-corrected chi connectivity index (χ1v) is 7.90. The summed E-state index contributed by atoms with van der Waals surface area (Å²) in [6.45, 7) is 0.293. The molecule has 1 aliphatic carbocycles. The summed E-state index contributed by atoms with van der Waals surface area (Å²) in [6.07, 6.45) is 2.90. The number of aliphatic hydroxyl groups excluding tert-OH is 1. The number of rotatable bonds is 4. The van der Waals surface area contributed by atoms with Crippen LogP contribution in [0, 0.1) is 0 Å². The maximum Gasteiger partial charge on any atom is 0.315 e. The van der Waals surface area contributed by atoms with Gasteiger partial charge in [0.05, 0.1) is 12.6 Å². The lowest BCUT2D eigenvalue weighted by Crippen LogP contribution is -2.44.